The van der Waals surface area contributed by atoms with Crippen LogP contribution < -0.4 is 0 Å². The lowest BCUT2D eigenvalue weighted by atomic mass is 10.0. The molecule has 0 aromatic heterocycles. The Morgan fingerprint density at radius 1 is 1.80 bits per heavy atom. The third-order valence-corrected chi connectivity index (χ3v) is 1.47. The van der Waals surface area contributed by atoms with E-state index in [4.69, 9.17) is 15.3 Å². The van der Waals surface area contributed by atoms with Crippen molar-refractivity contribution in [3.8, 4) is 0 Å². The molecule has 0 saturated carbocycles. The Morgan fingerprint density at radius 3 is 2.60 bits per heavy atom. The van der Waals surface area contributed by atoms with Gasteiger partial charge in [0.25, 0.3) is 0 Å². The summed E-state index contributed by atoms with van der Waals surface area (Å²) in [5.41, 5.74) is -1.79. The van der Waals surface area contributed by atoms with E-state index in [9.17, 15) is 4.79 Å². The van der Waals surface area contributed by atoms with E-state index in [2.05, 4.69) is 4.74 Å². The largest absolute Gasteiger partial charge is 0.460 e. The van der Waals surface area contributed by atoms with Crippen molar-refractivity contribution in [3.05, 3.63) is 0 Å². The minimum absolute atomic E-state index is 0.344. The molecule has 0 unspecified atom stereocenters. The average molecular weight is 148 g/mol. The molecule has 10 heavy (non-hydrogen) atoms. The van der Waals surface area contributed by atoms with Gasteiger partial charge < -0.3 is 20.1 Å². The molecular weight excluding hydrogens is 140 g/mol. The molecule has 0 aromatic rings. The van der Waals surface area contributed by atoms with Gasteiger partial charge in [0.2, 0.25) is 0 Å². The second-order valence-corrected chi connectivity index (χ2v) is 2.27. The molecule has 0 amide bonds. The van der Waals surface area contributed by atoms with Crippen LogP contribution in [0.5, 0.6) is 0 Å². The van der Waals surface area contributed by atoms with Crippen molar-refractivity contribution < 1.29 is 24.9 Å². The molecule has 1 aliphatic rings. The van der Waals surface area contributed by atoms with E-state index in [1.807, 2.05) is 0 Å². The molecule has 1 saturated heterocycles. The van der Waals surface area contributed by atoms with Crippen molar-refractivity contribution >= 4 is 5.97 Å². The molecule has 58 valence electrons. The summed E-state index contributed by atoms with van der Waals surface area (Å²) in [6.45, 7) is -1.02. The van der Waals surface area contributed by atoms with E-state index in [1.165, 1.54) is 0 Å². The molecule has 0 aromatic carbocycles. The Morgan fingerprint density at radius 2 is 2.40 bits per heavy atom. The first kappa shape index (κ1) is 7.46. The van der Waals surface area contributed by atoms with Crippen molar-refractivity contribution in [2.24, 2.45) is 0 Å². The van der Waals surface area contributed by atoms with Gasteiger partial charge in [-0.2, -0.15) is 0 Å². The van der Waals surface area contributed by atoms with Gasteiger partial charge in [-0.25, -0.2) is 4.79 Å². The van der Waals surface area contributed by atoms with Gasteiger partial charge in [-0.3, -0.25) is 0 Å². The molecule has 5 heteroatoms. The predicted molar refractivity (Wildman–Crippen MR) is 29.0 cm³/mol. The summed E-state index contributed by atoms with van der Waals surface area (Å²) in [5, 5.41) is 26.4. The fourth-order valence-electron chi connectivity index (χ4n) is 0.705. The molecule has 0 radical (unpaired) electrons. The van der Waals surface area contributed by atoms with E-state index in [1.54, 1.807) is 0 Å². The maximum Gasteiger partial charge on any atom is 0.338 e. The molecule has 0 aliphatic carbocycles. The summed E-state index contributed by atoms with van der Waals surface area (Å²) < 4.78 is 4.27. The zero-order chi connectivity index (χ0) is 7.78. The minimum Gasteiger partial charge on any atom is -0.460 e. The SMILES string of the molecule is O=C1OC[C@](O)(CO)[C@H]1O. The highest BCUT2D eigenvalue weighted by Crippen LogP contribution is 2.18. The Balaban J connectivity index is 2.73. The van der Waals surface area contributed by atoms with Gasteiger partial charge in [0, 0.05) is 0 Å². The van der Waals surface area contributed by atoms with Gasteiger partial charge >= 0.3 is 5.97 Å². The van der Waals surface area contributed by atoms with E-state index >= 15 is 0 Å². The molecule has 5 nitrogen and oxygen atoms in total. The highest BCUT2D eigenvalue weighted by atomic mass is 16.6. The molecule has 1 heterocycles. The standard InChI is InChI=1S/C5H8O5/c6-1-5(9)2-10-4(8)3(5)7/h3,6-7,9H,1-2H2/t3-,5+/m0/s1. The number of aliphatic hydroxyl groups is 3. The number of aliphatic hydroxyl groups excluding tert-OH is 2. The molecule has 1 fully saturated rings. The molecule has 0 bridgehead atoms. The van der Waals surface area contributed by atoms with Gasteiger partial charge in [0.15, 0.2) is 11.7 Å². The number of hydrogen-bond donors (Lipinski definition) is 3. The number of hydrogen-bond acceptors (Lipinski definition) is 5. The fourth-order valence-corrected chi connectivity index (χ4v) is 0.705. The van der Waals surface area contributed by atoms with Crippen LogP contribution in [0, 0.1) is 0 Å². The topological polar surface area (TPSA) is 87.0 Å². The molecule has 0 spiro atoms. The van der Waals surface area contributed by atoms with Crippen molar-refractivity contribution in [2.75, 3.05) is 13.2 Å². The maximum atomic E-state index is 10.4. The number of carbonyl (C=O) groups excluding carboxylic acids is 1. The Hall–Kier alpha value is -0.650. The van der Waals surface area contributed by atoms with Crippen LogP contribution >= 0.6 is 0 Å². The van der Waals surface area contributed by atoms with E-state index in [0.29, 0.717) is 0 Å². The van der Waals surface area contributed by atoms with Gasteiger partial charge in [0.1, 0.15) is 6.61 Å². The number of esters is 1. The first-order valence-corrected chi connectivity index (χ1v) is 2.78. The highest BCUT2D eigenvalue weighted by molar-refractivity contribution is 5.78. The van der Waals surface area contributed by atoms with Crippen molar-refractivity contribution in [2.45, 2.75) is 11.7 Å². The van der Waals surface area contributed by atoms with Crippen LogP contribution in [-0.2, 0) is 9.53 Å². The van der Waals surface area contributed by atoms with Crippen molar-refractivity contribution in [3.63, 3.8) is 0 Å². The lowest BCUT2D eigenvalue weighted by Gasteiger charge is -2.17. The van der Waals surface area contributed by atoms with E-state index in [-0.39, 0.29) is 6.61 Å². The third kappa shape index (κ3) is 0.880. The van der Waals surface area contributed by atoms with Crippen LogP contribution in [0.25, 0.3) is 0 Å². The van der Waals surface area contributed by atoms with Crippen molar-refractivity contribution in [1.82, 2.24) is 0 Å². The first-order chi connectivity index (χ1) is 4.60. The second kappa shape index (κ2) is 2.19. The lowest BCUT2D eigenvalue weighted by Crippen LogP contribution is -2.45. The first-order valence-electron chi connectivity index (χ1n) is 2.78. The number of carbonyl (C=O) groups is 1. The van der Waals surface area contributed by atoms with Gasteiger partial charge in [-0.1, -0.05) is 0 Å². The zero-order valence-electron chi connectivity index (χ0n) is 5.15. The van der Waals surface area contributed by atoms with Crippen molar-refractivity contribution in [1.29, 1.82) is 0 Å². The summed E-state index contributed by atoms with van der Waals surface area (Å²) in [6, 6.07) is 0. The van der Waals surface area contributed by atoms with E-state index in [0.717, 1.165) is 0 Å². The molecular formula is C5H8O5. The molecule has 1 rings (SSSR count). The summed E-state index contributed by atoms with van der Waals surface area (Å²) in [6.07, 6.45) is -1.61. The Kier molecular flexibility index (Phi) is 1.63. The quantitative estimate of drug-likeness (QED) is 0.362. The van der Waals surface area contributed by atoms with Crippen LogP contribution in [-0.4, -0.2) is 46.2 Å². The summed E-state index contributed by atoms with van der Waals surface area (Å²) in [5.74, 6) is -0.892. The van der Waals surface area contributed by atoms with Crippen LogP contribution in [0.1, 0.15) is 0 Å². The van der Waals surface area contributed by atoms with Crippen LogP contribution in [0.2, 0.25) is 0 Å². The predicted octanol–water partition coefficient (Wildman–Crippen LogP) is -2.37. The minimum atomic E-state index is -1.79. The van der Waals surface area contributed by atoms with Crippen LogP contribution in [0.4, 0.5) is 0 Å². The maximum absolute atomic E-state index is 10.4. The van der Waals surface area contributed by atoms with Gasteiger partial charge in [-0.05, 0) is 0 Å². The van der Waals surface area contributed by atoms with Gasteiger partial charge in [-0.15, -0.1) is 0 Å². The summed E-state index contributed by atoms with van der Waals surface area (Å²) in [7, 11) is 0. The number of rotatable bonds is 1. The Labute approximate surface area is 56.9 Å². The number of cyclic esters (lactones) is 1. The Bertz CT molecular complexity index is 156. The second-order valence-electron chi connectivity index (χ2n) is 2.27. The molecule has 3 N–H and O–H groups in total. The molecule has 2 atom stereocenters. The lowest BCUT2D eigenvalue weighted by molar-refractivity contribution is -0.146. The normalized spacial score (nSPS) is 39.9. The molecule has 1 aliphatic heterocycles. The number of ether oxygens (including phenoxy) is 1. The fraction of sp³-hybridized carbons (Fsp3) is 0.800. The van der Waals surface area contributed by atoms with Gasteiger partial charge in [0.05, 0.1) is 6.61 Å². The average Bonchev–Trinajstić information content (AvgIpc) is 2.19. The summed E-state index contributed by atoms with van der Waals surface area (Å²) >= 11 is 0. The summed E-state index contributed by atoms with van der Waals surface area (Å²) in [4.78, 5) is 10.4. The highest BCUT2D eigenvalue weighted by Gasteiger charge is 2.48. The van der Waals surface area contributed by atoms with Crippen LogP contribution in [0.3, 0.4) is 0 Å². The monoisotopic (exact) mass is 148 g/mol. The zero-order valence-corrected chi connectivity index (χ0v) is 5.15. The van der Waals surface area contributed by atoms with Crippen LogP contribution in [0.15, 0.2) is 0 Å². The van der Waals surface area contributed by atoms with E-state index < -0.39 is 24.3 Å². The smallest absolute Gasteiger partial charge is 0.338 e. The third-order valence-electron chi connectivity index (χ3n) is 1.47.